The van der Waals surface area contributed by atoms with E-state index in [9.17, 15) is 0 Å². The standard InChI is InChI=1S/C8H13N3S2/c1-6-10-11-7(13-6)8(5-9)3-2-4-12-8/h2-5,9H2,1H3. The van der Waals surface area contributed by atoms with Crippen molar-refractivity contribution in [2.24, 2.45) is 5.73 Å². The Labute approximate surface area is 86.1 Å². The first kappa shape index (κ1) is 9.43. The summed E-state index contributed by atoms with van der Waals surface area (Å²) in [5.74, 6) is 1.20. The second-order valence-electron chi connectivity index (χ2n) is 3.28. The number of hydrogen-bond acceptors (Lipinski definition) is 5. The third-order valence-electron chi connectivity index (χ3n) is 2.35. The van der Waals surface area contributed by atoms with Crippen LogP contribution in [0.3, 0.4) is 0 Å². The highest BCUT2D eigenvalue weighted by molar-refractivity contribution is 8.00. The Hall–Kier alpha value is -0.130. The lowest BCUT2D eigenvalue weighted by atomic mass is 10.0. The van der Waals surface area contributed by atoms with Gasteiger partial charge >= 0.3 is 0 Å². The average molecular weight is 215 g/mol. The summed E-state index contributed by atoms with van der Waals surface area (Å²) in [5.41, 5.74) is 5.83. The van der Waals surface area contributed by atoms with E-state index in [1.165, 1.54) is 12.2 Å². The molecule has 0 bridgehead atoms. The van der Waals surface area contributed by atoms with Crippen LogP contribution in [0.1, 0.15) is 22.9 Å². The lowest BCUT2D eigenvalue weighted by molar-refractivity contribution is 0.590. The average Bonchev–Trinajstić information content (AvgIpc) is 2.73. The van der Waals surface area contributed by atoms with E-state index < -0.39 is 0 Å². The molecule has 2 N–H and O–H groups in total. The summed E-state index contributed by atoms with van der Waals surface area (Å²) in [7, 11) is 0. The maximum Gasteiger partial charge on any atom is 0.134 e. The highest BCUT2D eigenvalue weighted by Gasteiger charge is 2.38. The SMILES string of the molecule is Cc1nnc(C2(CN)CCCS2)s1. The molecule has 1 aromatic heterocycles. The minimum absolute atomic E-state index is 0.0892. The van der Waals surface area contributed by atoms with Crippen LogP contribution in [0.5, 0.6) is 0 Å². The molecule has 2 heterocycles. The van der Waals surface area contributed by atoms with Crippen molar-refractivity contribution in [2.75, 3.05) is 12.3 Å². The Morgan fingerprint density at radius 1 is 1.54 bits per heavy atom. The number of aromatic nitrogens is 2. The zero-order valence-corrected chi connectivity index (χ0v) is 9.25. The monoisotopic (exact) mass is 215 g/mol. The van der Waals surface area contributed by atoms with Gasteiger partial charge in [0, 0.05) is 6.54 Å². The predicted octanol–water partition coefficient (Wildman–Crippen LogP) is 1.53. The number of rotatable bonds is 2. The second-order valence-corrected chi connectivity index (χ2v) is 5.94. The van der Waals surface area contributed by atoms with E-state index in [-0.39, 0.29) is 4.75 Å². The Bertz CT molecular complexity index is 291. The van der Waals surface area contributed by atoms with Gasteiger partial charge in [0.15, 0.2) is 0 Å². The van der Waals surface area contributed by atoms with Gasteiger partial charge in [0.05, 0.1) is 4.75 Å². The largest absolute Gasteiger partial charge is 0.329 e. The molecule has 1 aromatic rings. The Morgan fingerprint density at radius 2 is 2.38 bits per heavy atom. The number of nitrogens with two attached hydrogens (primary N) is 1. The Morgan fingerprint density at radius 3 is 2.85 bits per heavy atom. The minimum atomic E-state index is 0.0892. The number of aryl methyl sites for hydroxylation is 1. The molecular weight excluding hydrogens is 202 g/mol. The van der Waals surface area contributed by atoms with Gasteiger partial charge in [-0.3, -0.25) is 0 Å². The van der Waals surface area contributed by atoms with Crippen molar-refractivity contribution in [3.63, 3.8) is 0 Å². The molecule has 1 aliphatic heterocycles. The third kappa shape index (κ3) is 1.60. The van der Waals surface area contributed by atoms with Crippen molar-refractivity contribution in [1.29, 1.82) is 0 Å². The van der Waals surface area contributed by atoms with Crippen LogP contribution in [-0.2, 0) is 4.75 Å². The molecular formula is C8H13N3S2. The van der Waals surface area contributed by atoms with Crippen molar-refractivity contribution < 1.29 is 0 Å². The molecule has 5 heteroatoms. The van der Waals surface area contributed by atoms with Crippen molar-refractivity contribution in [2.45, 2.75) is 24.5 Å². The van der Waals surface area contributed by atoms with Crippen LogP contribution >= 0.6 is 23.1 Å². The fourth-order valence-corrected chi connectivity index (χ4v) is 3.96. The molecule has 0 radical (unpaired) electrons. The molecule has 1 saturated heterocycles. The fraction of sp³-hybridized carbons (Fsp3) is 0.750. The van der Waals surface area contributed by atoms with Gasteiger partial charge in [-0.05, 0) is 25.5 Å². The van der Waals surface area contributed by atoms with E-state index in [1.54, 1.807) is 11.3 Å². The van der Waals surface area contributed by atoms with Crippen molar-refractivity contribution >= 4 is 23.1 Å². The molecule has 72 valence electrons. The molecule has 0 aromatic carbocycles. The molecule has 1 aliphatic rings. The molecule has 1 unspecified atom stereocenters. The van der Waals surface area contributed by atoms with Gasteiger partial charge in [-0.25, -0.2) is 0 Å². The maximum absolute atomic E-state index is 5.83. The Kier molecular flexibility index (Phi) is 2.58. The number of hydrogen-bond donors (Lipinski definition) is 1. The van der Waals surface area contributed by atoms with Crippen LogP contribution in [0.4, 0.5) is 0 Å². The minimum Gasteiger partial charge on any atom is -0.329 e. The van der Waals surface area contributed by atoms with Crippen LogP contribution in [0.2, 0.25) is 0 Å². The van der Waals surface area contributed by atoms with Gasteiger partial charge in [0.25, 0.3) is 0 Å². The van der Waals surface area contributed by atoms with Crippen LogP contribution in [-0.4, -0.2) is 22.5 Å². The van der Waals surface area contributed by atoms with E-state index >= 15 is 0 Å². The van der Waals surface area contributed by atoms with Gasteiger partial charge in [0.1, 0.15) is 10.0 Å². The quantitative estimate of drug-likeness (QED) is 0.813. The van der Waals surface area contributed by atoms with Crippen LogP contribution in [0.15, 0.2) is 0 Å². The Balaban J connectivity index is 2.30. The van der Waals surface area contributed by atoms with E-state index in [4.69, 9.17) is 5.73 Å². The van der Waals surface area contributed by atoms with Crippen LogP contribution in [0, 0.1) is 6.92 Å². The molecule has 13 heavy (non-hydrogen) atoms. The van der Waals surface area contributed by atoms with Gasteiger partial charge in [-0.1, -0.05) is 0 Å². The molecule has 0 spiro atoms. The highest BCUT2D eigenvalue weighted by atomic mass is 32.2. The van der Waals surface area contributed by atoms with Crippen molar-refractivity contribution in [3.8, 4) is 0 Å². The third-order valence-corrected chi connectivity index (χ3v) is 5.13. The normalized spacial score (nSPS) is 28.2. The van der Waals surface area contributed by atoms with Gasteiger partial charge in [-0.15, -0.1) is 33.3 Å². The summed E-state index contributed by atoms with van der Waals surface area (Å²) in [6.07, 6.45) is 2.41. The zero-order chi connectivity index (χ0) is 9.31. The number of thioether (sulfide) groups is 1. The molecule has 1 atom stereocenters. The van der Waals surface area contributed by atoms with E-state index in [0.717, 1.165) is 16.4 Å². The van der Waals surface area contributed by atoms with Crippen LogP contribution in [0.25, 0.3) is 0 Å². The zero-order valence-electron chi connectivity index (χ0n) is 7.62. The summed E-state index contributed by atoms with van der Waals surface area (Å²) in [5, 5.41) is 10.4. The first-order chi connectivity index (χ1) is 6.27. The molecule has 0 saturated carbocycles. The topological polar surface area (TPSA) is 51.8 Å². The summed E-state index contributed by atoms with van der Waals surface area (Å²) < 4.78 is 0.0892. The lowest BCUT2D eigenvalue weighted by Crippen LogP contribution is -2.28. The van der Waals surface area contributed by atoms with Crippen molar-refractivity contribution in [1.82, 2.24) is 10.2 Å². The van der Waals surface area contributed by atoms with Gasteiger partial charge in [-0.2, -0.15) is 0 Å². The van der Waals surface area contributed by atoms with E-state index in [0.29, 0.717) is 6.54 Å². The first-order valence-corrected chi connectivity index (χ1v) is 6.22. The first-order valence-electron chi connectivity index (χ1n) is 4.41. The van der Waals surface area contributed by atoms with Gasteiger partial charge in [0.2, 0.25) is 0 Å². The van der Waals surface area contributed by atoms with Gasteiger partial charge < -0.3 is 5.73 Å². The number of nitrogens with zero attached hydrogens (tertiary/aromatic N) is 2. The van der Waals surface area contributed by atoms with Crippen molar-refractivity contribution in [3.05, 3.63) is 10.0 Å². The maximum atomic E-state index is 5.83. The van der Waals surface area contributed by atoms with Crippen LogP contribution < -0.4 is 5.73 Å². The lowest BCUT2D eigenvalue weighted by Gasteiger charge is -2.22. The summed E-state index contributed by atoms with van der Waals surface area (Å²) in [4.78, 5) is 0. The fourth-order valence-electron chi connectivity index (χ4n) is 1.60. The smallest absolute Gasteiger partial charge is 0.134 e. The summed E-state index contributed by atoms with van der Waals surface area (Å²) in [6.45, 7) is 2.68. The molecule has 0 amide bonds. The highest BCUT2D eigenvalue weighted by Crippen LogP contribution is 2.46. The van der Waals surface area contributed by atoms with E-state index in [1.807, 2.05) is 18.7 Å². The molecule has 0 aliphatic carbocycles. The second kappa shape index (κ2) is 3.55. The predicted molar refractivity (Wildman–Crippen MR) is 57.1 cm³/mol. The summed E-state index contributed by atoms with van der Waals surface area (Å²) in [6, 6.07) is 0. The summed E-state index contributed by atoms with van der Waals surface area (Å²) >= 11 is 3.62. The molecule has 1 fully saturated rings. The molecule has 2 rings (SSSR count). The molecule has 3 nitrogen and oxygen atoms in total. The van der Waals surface area contributed by atoms with E-state index in [2.05, 4.69) is 10.2 Å².